The molecule has 2 fully saturated rings. The van der Waals surface area contributed by atoms with Gasteiger partial charge >= 0.3 is 5.97 Å². The smallest absolute Gasteiger partial charge is 0.341 e. The maximum absolute atomic E-state index is 13.4. The van der Waals surface area contributed by atoms with Crippen molar-refractivity contribution in [3.8, 4) is 5.75 Å². The highest BCUT2D eigenvalue weighted by molar-refractivity contribution is 7.17. The molecular weight excluding hydrogens is 476 g/mol. The van der Waals surface area contributed by atoms with E-state index in [-0.39, 0.29) is 30.4 Å². The number of likely N-dealkylation sites (tertiary alicyclic amines) is 1. The van der Waals surface area contributed by atoms with Gasteiger partial charge in [-0.25, -0.2) is 4.79 Å². The molecule has 0 bridgehead atoms. The predicted molar refractivity (Wildman–Crippen MR) is 140 cm³/mol. The Kier molecular flexibility index (Phi) is 7.37. The summed E-state index contributed by atoms with van der Waals surface area (Å²) >= 11 is 1.51. The van der Waals surface area contributed by atoms with Crippen molar-refractivity contribution in [1.82, 2.24) is 4.90 Å². The van der Waals surface area contributed by atoms with Crippen LogP contribution < -0.4 is 10.1 Å². The number of carbonyl (C=O) groups is 2. The van der Waals surface area contributed by atoms with E-state index >= 15 is 0 Å². The Bertz CT molecular complexity index is 1110. The topological polar surface area (TPSA) is 88.1 Å². The first-order chi connectivity index (χ1) is 17.4. The van der Waals surface area contributed by atoms with E-state index in [1.165, 1.54) is 23.3 Å². The molecule has 2 aliphatic carbocycles. The molecule has 2 heterocycles. The minimum atomic E-state index is -0.694. The number of amides is 1. The monoisotopic (exact) mass is 512 g/mol. The molecule has 0 radical (unpaired) electrons. The Morgan fingerprint density at radius 3 is 2.64 bits per heavy atom. The SMILES string of the molecule is COC(=O)c1c(NC(=O)CN2CC[C@]3(O)CCCC[C@H]3[C@H]2c2ccc(OC)cc2)sc2c1CCCC2. The summed E-state index contributed by atoms with van der Waals surface area (Å²) in [7, 11) is 3.04. The van der Waals surface area contributed by atoms with Crippen LogP contribution in [0.1, 0.15) is 77.3 Å². The number of anilines is 1. The molecule has 8 heteroatoms. The van der Waals surface area contributed by atoms with Gasteiger partial charge in [-0.15, -0.1) is 11.3 Å². The summed E-state index contributed by atoms with van der Waals surface area (Å²) in [5.41, 5.74) is 1.96. The second kappa shape index (κ2) is 10.5. The fourth-order valence-electron chi connectivity index (χ4n) is 6.49. The molecule has 0 unspecified atom stereocenters. The van der Waals surface area contributed by atoms with Crippen molar-refractivity contribution in [1.29, 1.82) is 0 Å². The van der Waals surface area contributed by atoms with E-state index in [9.17, 15) is 14.7 Å². The molecule has 1 aromatic carbocycles. The van der Waals surface area contributed by atoms with Crippen molar-refractivity contribution in [2.24, 2.45) is 5.92 Å². The average molecular weight is 513 g/mol. The lowest BCUT2D eigenvalue weighted by Gasteiger charge is -2.52. The zero-order valence-corrected chi connectivity index (χ0v) is 22.0. The molecule has 1 amide bonds. The van der Waals surface area contributed by atoms with Crippen LogP contribution in [0.4, 0.5) is 5.00 Å². The first kappa shape index (κ1) is 25.2. The Hall–Kier alpha value is -2.42. The number of rotatable bonds is 6. The van der Waals surface area contributed by atoms with Gasteiger partial charge in [0, 0.05) is 23.4 Å². The molecule has 7 nitrogen and oxygen atoms in total. The lowest BCUT2D eigenvalue weighted by atomic mass is 9.66. The number of ether oxygens (including phenoxy) is 2. The van der Waals surface area contributed by atoms with Crippen LogP contribution in [0.5, 0.6) is 5.75 Å². The fourth-order valence-corrected chi connectivity index (χ4v) is 7.78. The molecule has 36 heavy (non-hydrogen) atoms. The predicted octanol–water partition coefficient (Wildman–Crippen LogP) is 4.73. The molecule has 5 rings (SSSR count). The molecule has 1 aliphatic heterocycles. The van der Waals surface area contributed by atoms with Crippen LogP contribution in [-0.4, -0.2) is 54.8 Å². The van der Waals surface area contributed by atoms with Crippen LogP contribution in [0.15, 0.2) is 24.3 Å². The van der Waals surface area contributed by atoms with Crippen molar-refractivity contribution in [2.75, 3.05) is 32.6 Å². The van der Waals surface area contributed by atoms with Crippen LogP contribution in [0.3, 0.4) is 0 Å². The number of fused-ring (bicyclic) bond motifs is 2. The Morgan fingerprint density at radius 1 is 1.11 bits per heavy atom. The van der Waals surface area contributed by atoms with Crippen molar-refractivity contribution < 1.29 is 24.2 Å². The Balaban J connectivity index is 1.40. The second-order valence-electron chi connectivity index (χ2n) is 10.3. The fraction of sp³-hybridized carbons (Fsp3) is 0.571. The normalized spacial score (nSPS) is 26.0. The average Bonchev–Trinajstić information content (AvgIpc) is 3.26. The Labute approximate surface area is 216 Å². The third-order valence-electron chi connectivity index (χ3n) is 8.29. The molecule has 3 aliphatic rings. The number of methoxy groups -OCH3 is 2. The van der Waals surface area contributed by atoms with Gasteiger partial charge in [0.25, 0.3) is 0 Å². The molecule has 3 atom stereocenters. The number of nitrogens with zero attached hydrogens (tertiary/aromatic N) is 1. The quantitative estimate of drug-likeness (QED) is 0.544. The number of aryl methyl sites for hydroxylation is 1. The van der Waals surface area contributed by atoms with Gasteiger partial charge in [-0.1, -0.05) is 25.0 Å². The maximum atomic E-state index is 13.4. The van der Waals surface area contributed by atoms with Crippen LogP contribution in [0, 0.1) is 5.92 Å². The van der Waals surface area contributed by atoms with E-state index in [0.29, 0.717) is 23.5 Å². The molecule has 1 saturated heterocycles. The number of carbonyl (C=O) groups excluding carboxylic acids is 2. The Morgan fingerprint density at radius 2 is 1.89 bits per heavy atom. The molecule has 2 aromatic rings. The van der Waals surface area contributed by atoms with Crippen molar-refractivity contribution in [3.05, 3.63) is 45.8 Å². The third kappa shape index (κ3) is 4.78. The van der Waals surface area contributed by atoms with E-state index in [2.05, 4.69) is 22.3 Å². The van der Waals surface area contributed by atoms with Gasteiger partial charge in [-0.3, -0.25) is 9.69 Å². The number of esters is 1. The minimum Gasteiger partial charge on any atom is -0.497 e. The lowest BCUT2D eigenvalue weighted by molar-refractivity contribution is -0.135. The summed E-state index contributed by atoms with van der Waals surface area (Å²) in [5, 5.41) is 15.2. The highest BCUT2D eigenvalue weighted by atomic mass is 32.1. The van der Waals surface area contributed by atoms with Gasteiger partial charge in [-0.2, -0.15) is 0 Å². The van der Waals surface area contributed by atoms with Gasteiger partial charge in [-0.05, 0) is 68.2 Å². The van der Waals surface area contributed by atoms with E-state index in [1.54, 1.807) is 7.11 Å². The minimum absolute atomic E-state index is 0.0580. The zero-order valence-electron chi connectivity index (χ0n) is 21.2. The zero-order chi connectivity index (χ0) is 25.3. The number of hydrogen-bond donors (Lipinski definition) is 2. The van der Waals surface area contributed by atoms with E-state index in [0.717, 1.165) is 68.2 Å². The van der Waals surface area contributed by atoms with Crippen molar-refractivity contribution in [2.45, 2.75) is 69.4 Å². The third-order valence-corrected chi connectivity index (χ3v) is 9.50. The summed E-state index contributed by atoms with van der Waals surface area (Å²) in [6.07, 6.45) is 8.47. The first-order valence-corrected chi connectivity index (χ1v) is 13.9. The summed E-state index contributed by atoms with van der Waals surface area (Å²) in [6.45, 7) is 0.842. The van der Waals surface area contributed by atoms with Crippen LogP contribution in [0.25, 0.3) is 0 Å². The molecule has 0 spiro atoms. The molecule has 2 N–H and O–H groups in total. The summed E-state index contributed by atoms with van der Waals surface area (Å²) < 4.78 is 10.4. The van der Waals surface area contributed by atoms with Gasteiger partial charge in [0.15, 0.2) is 0 Å². The summed E-state index contributed by atoms with van der Waals surface area (Å²) in [6, 6.07) is 7.94. The number of hydrogen-bond acceptors (Lipinski definition) is 7. The van der Waals surface area contributed by atoms with E-state index in [4.69, 9.17) is 9.47 Å². The summed E-state index contributed by atoms with van der Waals surface area (Å²) in [5.74, 6) is 0.334. The van der Waals surface area contributed by atoms with E-state index in [1.807, 2.05) is 12.1 Å². The van der Waals surface area contributed by atoms with Gasteiger partial charge < -0.3 is 19.9 Å². The van der Waals surface area contributed by atoms with Crippen molar-refractivity contribution in [3.63, 3.8) is 0 Å². The highest BCUT2D eigenvalue weighted by Crippen LogP contribution is 2.49. The van der Waals surface area contributed by atoms with Crippen LogP contribution >= 0.6 is 11.3 Å². The van der Waals surface area contributed by atoms with Gasteiger partial charge in [0.2, 0.25) is 5.91 Å². The molecular formula is C28H36N2O5S. The maximum Gasteiger partial charge on any atom is 0.341 e. The number of aliphatic hydroxyl groups is 1. The number of benzene rings is 1. The van der Waals surface area contributed by atoms with E-state index < -0.39 is 5.60 Å². The standard InChI is InChI=1S/C28H36N2O5S/c1-34-19-12-10-18(11-13-19)25-21-8-5-6-14-28(21,33)15-16-30(25)17-23(31)29-26-24(27(32)35-2)20-7-3-4-9-22(20)36-26/h10-13,21,25,33H,3-9,14-17H2,1-2H3,(H,29,31)/t21-,25+,28+/m0/s1. The summed E-state index contributed by atoms with van der Waals surface area (Å²) in [4.78, 5) is 29.4. The largest absolute Gasteiger partial charge is 0.497 e. The first-order valence-electron chi connectivity index (χ1n) is 13.1. The second-order valence-corrected chi connectivity index (χ2v) is 11.5. The number of nitrogens with one attached hydrogen (secondary N) is 1. The van der Waals surface area contributed by atoms with Gasteiger partial charge in [0.1, 0.15) is 10.8 Å². The van der Waals surface area contributed by atoms with Crippen LogP contribution in [-0.2, 0) is 22.4 Å². The van der Waals surface area contributed by atoms with Crippen molar-refractivity contribution >= 4 is 28.2 Å². The molecule has 1 aromatic heterocycles. The molecule has 1 saturated carbocycles. The highest BCUT2D eigenvalue weighted by Gasteiger charge is 2.49. The van der Waals surface area contributed by atoms with Gasteiger partial charge in [0.05, 0.1) is 31.9 Å². The lowest BCUT2D eigenvalue weighted by Crippen LogP contribution is -2.56. The van der Waals surface area contributed by atoms with Crippen LogP contribution in [0.2, 0.25) is 0 Å². The molecule has 194 valence electrons. The number of piperidine rings is 1. The number of thiophene rings is 1.